The molecule has 1 heterocycles. The number of non-ortho nitro benzene ring substituents is 1. The summed E-state index contributed by atoms with van der Waals surface area (Å²) < 4.78 is 0. The second kappa shape index (κ2) is 8.52. The number of hydrogen-bond acceptors (Lipinski definition) is 8. The van der Waals surface area contributed by atoms with Crippen LogP contribution in [0.3, 0.4) is 0 Å². The number of nitrogens with one attached hydrogen (secondary N) is 1. The van der Waals surface area contributed by atoms with E-state index < -0.39 is 39.2 Å². The summed E-state index contributed by atoms with van der Waals surface area (Å²) in [6, 6.07) is 2.36. The minimum atomic E-state index is -1.32. The molecule has 1 aromatic rings. The van der Waals surface area contributed by atoms with Crippen molar-refractivity contribution >= 4 is 29.2 Å². The third-order valence-corrected chi connectivity index (χ3v) is 4.38. The molecule has 0 aliphatic carbocycles. The van der Waals surface area contributed by atoms with E-state index in [1.165, 1.54) is 0 Å². The molecule has 0 bridgehead atoms. The fraction of sp³-hybridized carbons (Fsp3) is 0.438. The molecule has 28 heavy (non-hydrogen) atoms. The van der Waals surface area contributed by atoms with Crippen molar-refractivity contribution in [2.75, 3.05) is 0 Å². The normalized spacial score (nSPS) is 16.1. The predicted molar refractivity (Wildman–Crippen MR) is 93.0 cm³/mol. The molecular formula is C16H18N4O8. The van der Waals surface area contributed by atoms with Gasteiger partial charge in [0.1, 0.15) is 0 Å². The van der Waals surface area contributed by atoms with Crippen molar-refractivity contribution in [2.24, 2.45) is 0 Å². The Morgan fingerprint density at radius 2 is 1.79 bits per heavy atom. The summed E-state index contributed by atoms with van der Waals surface area (Å²) in [5.41, 5.74) is 1.39. The summed E-state index contributed by atoms with van der Waals surface area (Å²) in [6.45, 7) is 1.64. The number of benzene rings is 1. The lowest BCUT2D eigenvalue weighted by Gasteiger charge is -2.22. The highest BCUT2D eigenvalue weighted by Gasteiger charge is 2.32. The average molecular weight is 394 g/mol. The fourth-order valence-electron chi connectivity index (χ4n) is 2.93. The number of carbonyl (C=O) groups is 3. The minimum absolute atomic E-state index is 0.0433. The first kappa shape index (κ1) is 20.9. The number of amides is 2. The van der Waals surface area contributed by atoms with Crippen LogP contribution in [0.4, 0.5) is 11.4 Å². The van der Waals surface area contributed by atoms with Gasteiger partial charge in [-0.3, -0.25) is 34.6 Å². The van der Waals surface area contributed by atoms with Crippen molar-refractivity contribution in [1.29, 1.82) is 0 Å². The van der Waals surface area contributed by atoms with Crippen LogP contribution < -0.4 is 5.43 Å². The smallest absolute Gasteiger partial charge is 0.311 e. The molecular weight excluding hydrogens is 376 g/mol. The number of hydrazine groups is 1. The van der Waals surface area contributed by atoms with Crippen LogP contribution in [-0.2, 0) is 14.4 Å². The molecule has 2 N–H and O–H groups in total. The van der Waals surface area contributed by atoms with Gasteiger partial charge in [-0.2, -0.15) is 0 Å². The van der Waals surface area contributed by atoms with Crippen molar-refractivity contribution in [2.45, 2.75) is 44.6 Å². The number of carbonyl (C=O) groups excluding carboxylic acids is 2. The highest BCUT2D eigenvalue weighted by atomic mass is 16.6. The molecule has 2 rings (SSSR count). The Hall–Kier alpha value is -3.41. The Kier molecular flexibility index (Phi) is 6.36. The number of nitrogens with zero attached hydrogens (tertiary/aromatic N) is 3. The zero-order chi connectivity index (χ0) is 21.0. The van der Waals surface area contributed by atoms with Gasteiger partial charge in [0.2, 0.25) is 11.8 Å². The van der Waals surface area contributed by atoms with Crippen LogP contribution in [0.1, 0.15) is 44.1 Å². The maximum absolute atomic E-state index is 11.7. The fourth-order valence-corrected chi connectivity index (χ4v) is 2.93. The van der Waals surface area contributed by atoms with E-state index in [2.05, 4.69) is 5.43 Å². The van der Waals surface area contributed by atoms with Gasteiger partial charge in [0.15, 0.2) is 0 Å². The summed E-state index contributed by atoms with van der Waals surface area (Å²) in [5, 5.41) is 32.5. The number of rotatable bonds is 9. The van der Waals surface area contributed by atoms with Crippen molar-refractivity contribution in [3.63, 3.8) is 0 Å². The number of aliphatic carboxylic acids is 1. The van der Waals surface area contributed by atoms with Crippen LogP contribution in [0.5, 0.6) is 0 Å². The third kappa shape index (κ3) is 4.65. The van der Waals surface area contributed by atoms with Crippen LogP contribution in [0.25, 0.3) is 0 Å². The second-order valence-electron chi connectivity index (χ2n) is 6.38. The Bertz CT molecular complexity index is 824. The van der Waals surface area contributed by atoms with Gasteiger partial charge in [-0.25, -0.2) is 10.4 Å². The van der Waals surface area contributed by atoms with Crippen LogP contribution in [0.2, 0.25) is 0 Å². The molecule has 2 unspecified atom stereocenters. The third-order valence-electron chi connectivity index (χ3n) is 4.38. The Morgan fingerprint density at radius 1 is 1.18 bits per heavy atom. The van der Waals surface area contributed by atoms with Crippen molar-refractivity contribution in [3.8, 4) is 0 Å². The van der Waals surface area contributed by atoms with E-state index in [0.29, 0.717) is 0 Å². The van der Waals surface area contributed by atoms with Gasteiger partial charge in [-0.1, -0.05) is 0 Å². The highest BCUT2D eigenvalue weighted by molar-refractivity contribution is 6.01. The molecule has 2 amide bonds. The molecule has 0 spiro atoms. The topological polar surface area (TPSA) is 173 Å². The van der Waals surface area contributed by atoms with Gasteiger partial charge in [-0.15, -0.1) is 0 Å². The molecule has 1 fully saturated rings. The number of nitro benzene ring substituents is 2. The van der Waals surface area contributed by atoms with Gasteiger partial charge in [0.25, 0.3) is 11.4 Å². The highest BCUT2D eigenvalue weighted by Crippen LogP contribution is 2.33. The molecule has 0 aromatic heterocycles. The lowest BCUT2D eigenvalue weighted by Crippen LogP contribution is -2.46. The first-order chi connectivity index (χ1) is 13.1. The summed E-state index contributed by atoms with van der Waals surface area (Å²) in [5.74, 6) is -3.36. The predicted octanol–water partition coefficient (Wildman–Crippen LogP) is 1.49. The number of carboxylic acid groups (broad SMARTS) is 1. The van der Waals surface area contributed by atoms with E-state index in [1.54, 1.807) is 6.92 Å². The first-order valence-corrected chi connectivity index (χ1v) is 8.39. The number of imide groups is 1. The van der Waals surface area contributed by atoms with Crippen molar-refractivity contribution in [3.05, 3.63) is 44.0 Å². The van der Waals surface area contributed by atoms with E-state index in [9.17, 15) is 39.7 Å². The van der Waals surface area contributed by atoms with Crippen LogP contribution in [0, 0.1) is 20.2 Å². The minimum Gasteiger partial charge on any atom is -0.481 e. The molecule has 150 valence electrons. The zero-order valence-electron chi connectivity index (χ0n) is 14.9. The van der Waals surface area contributed by atoms with E-state index in [1.807, 2.05) is 0 Å². The summed E-state index contributed by atoms with van der Waals surface area (Å²) in [4.78, 5) is 55.3. The van der Waals surface area contributed by atoms with Crippen molar-refractivity contribution < 1.29 is 29.3 Å². The Morgan fingerprint density at radius 3 is 2.29 bits per heavy atom. The lowest BCUT2D eigenvalue weighted by atomic mass is 9.91. The standard InChI is InChI=1S/C16H18N4O8/c1-9(17-18-14(21)6-7-15(18)22)2-4-12(16(23)24)11-5-3-10(19(25)26)8-13(11)20(27)28/h3,5,8-9,12,17H,2,4,6-7H2,1H3,(H,23,24). The van der Waals surface area contributed by atoms with Crippen LogP contribution >= 0.6 is 0 Å². The molecule has 2 atom stereocenters. The summed E-state index contributed by atoms with van der Waals surface area (Å²) in [7, 11) is 0. The van der Waals surface area contributed by atoms with Crippen molar-refractivity contribution in [1.82, 2.24) is 10.4 Å². The molecule has 0 radical (unpaired) electrons. The first-order valence-electron chi connectivity index (χ1n) is 8.39. The lowest BCUT2D eigenvalue weighted by molar-refractivity contribution is -0.394. The monoisotopic (exact) mass is 394 g/mol. The molecule has 12 heteroatoms. The largest absolute Gasteiger partial charge is 0.481 e. The SMILES string of the molecule is CC(CCC(C(=O)O)c1ccc([N+](=O)[O-])cc1[N+](=O)[O-])NN1C(=O)CCC1=O. The number of carboxylic acids is 1. The molecule has 1 aromatic carbocycles. The van der Waals surface area contributed by atoms with Crippen LogP contribution in [-0.4, -0.2) is 43.8 Å². The van der Waals surface area contributed by atoms with Gasteiger partial charge < -0.3 is 5.11 Å². The second-order valence-corrected chi connectivity index (χ2v) is 6.38. The summed E-state index contributed by atoms with van der Waals surface area (Å²) in [6.07, 6.45) is 0.344. The van der Waals surface area contributed by atoms with Gasteiger partial charge >= 0.3 is 5.97 Å². The molecule has 1 aliphatic heterocycles. The molecule has 1 saturated heterocycles. The number of nitro groups is 2. The van der Waals surface area contributed by atoms with E-state index in [4.69, 9.17) is 0 Å². The van der Waals surface area contributed by atoms with Crippen LogP contribution in [0.15, 0.2) is 18.2 Å². The maximum atomic E-state index is 11.7. The summed E-state index contributed by atoms with van der Waals surface area (Å²) >= 11 is 0. The molecule has 12 nitrogen and oxygen atoms in total. The molecule has 1 aliphatic rings. The maximum Gasteiger partial charge on any atom is 0.311 e. The quantitative estimate of drug-likeness (QED) is 0.357. The molecule has 0 saturated carbocycles. The zero-order valence-corrected chi connectivity index (χ0v) is 14.9. The van der Waals surface area contributed by atoms with Gasteiger partial charge in [0, 0.05) is 30.5 Å². The Balaban J connectivity index is 2.16. The van der Waals surface area contributed by atoms with E-state index in [-0.39, 0.29) is 43.1 Å². The van der Waals surface area contributed by atoms with Gasteiger partial charge in [-0.05, 0) is 25.8 Å². The average Bonchev–Trinajstić information content (AvgIpc) is 2.93. The van der Waals surface area contributed by atoms with E-state index in [0.717, 1.165) is 23.2 Å². The number of hydrogen-bond donors (Lipinski definition) is 2. The van der Waals surface area contributed by atoms with Gasteiger partial charge in [0.05, 0.1) is 21.8 Å². The van der Waals surface area contributed by atoms with E-state index >= 15 is 0 Å². The Labute approximate surface area is 158 Å².